The van der Waals surface area contributed by atoms with Gasteiger partial charge < -0.3 is 15.2 Å². The van der Waals surface area contributed by atoms with E-state index in [4.69, 9.17) is 10.3 Å². The van der Waals surface area contributed by atoms with E-state index in [9.17, 15) is 18.0 Å². The topological polar surface area (TPSA) is 84.7 Å². The number of aliphatic imine (C=N–C) groups is 1. The zero-order valence-corrected chi connectivity index (χ0v) is 15.7. The highest BCUT2D eigenvalue weighted by molar-refractivity contribution is 6.05. The van der Waals surface area contributed by atoms with Crippen molar-refractivity contribution < 1.29 is 22.5 Å². The van der Waals surface area contributed by atoms with E-state index in [1.807, 2.05) is 20.8 Å². The predicted molar refractivity (Wildman–Crippen MR) is 98.4 cm³/mol. The maximum absolute atomic E-state index is 12.8. The first-order valence-corrected chi connectivity index (χ1v) is 8.77. The highest BCUT2D eigenvalue weighted by Gasteiger charge is 2.36. The van der Waals surface area contributed by atoms with Crippen molar-refractivity contribution >= 4 is 23.2 Å². The summed E-state index contributed by atoms with van der Waals surface area (Å²) in [5, 5.41) is 3.88. The summed E-state index contributed by atoms with van der Waals surface area (Å²) in [5.74, 6) is 0.855. The Morgan fingerprint density at radius 3 is 2.43 bits per heavy atom. The molecule has 28 heavy (non-hydrogen) atoms. The lowest BCUT2D eigenvalue weighted by atomic mass is 9.93. The number of amides is 1. The zero-order valence-electron chi connectivity index (χ0n) is 15.7. The molecule has 1 saturated heterocycles. The van der Waals surface area contributed by atoms with Gasteiger partial charge in [-0.1, -0.05) is 25.9 Å². The minimum absolute atomic E-state index is 0.152. The number of nitrogens with zero attached hydrogens (tertiary/aromatic N) is 3. The molecule has 0 aliphatic carbocycles. The van der Waals surface area contributed by atoms with Gasteiger partial charge in [-0.25, -0.2) is 4.99 Å². The van der Waals surface area contributed by atoms with Crippen LogP contribution in [-0.4, -0.2) is 22.9 Å². The van der Waals surface area contributed by atoms with E-state index >= 15 is 0 Å². The van der Waals surface area contributed by atoms with Crippen LogP contribution in [0.4, 0.5) is 24.7 Å². The van der Waals surface area contributed by atoms with Gasteiger partial charge in [0.2, 0.25) is 5.91 Å². The number of amidine groups is 1. The minimum atomic E-state index is -4.44. The third-order valence-corrected chi connectivity index (χ3v) is 4.51. The number of rotatable bonds is 3. The Balaban J connectivity index is 1.86. The molecular weight excluding hydrogens is 373 g/mol. The predicted octanol–water partition coefficient (Wildman–Crippen LogP) is 4.18. The summed E-state index contributed by atoms with van der Waals surface area (Å²) in [7, 11) is 0. The third kappa shape index (κ3) is 4.02. The van der Waals surface area contributed by atoms with E-state index in [1.54, 1.807) is 6.07 Å². The van der Waals surface area contributed by atoms with Crippen LogP contribution in [0.1, 0.15) is 44.9 Å². The first-order chi connectivity index (χ1) is 13.0. The Morgan fingerprint density at radius 1 is 1.25 bits per heavy atom. The third-order valence-electron chi connectivity index (χ3n) is 4.51. The van der Waals surface area contributed by atoms with Crippen molar-refractivity contribution in [2.75, 3.05) is 4.90 Å². The van der Waals surface area contributed by atoms with Gasteiger partial charge >= 0.3 is 6.18 Å². The van der Waals surface area contributed by atoms with Gasteiger partial charge in [-0.2, -0.15) is 13.2 Å². The molecule has 9 heteroatoms. The maximum atomic E-state index is 12.8. The molecule has 6 nitrogen and oxygen atoms in total. The molecule has 0 radical (unpaired) electrons. The smallest absolute Gasteiger partial charge is 0.385 e. The molecule has 2 N–H and O–H groups in total. The van der Waals surface area contributed by atoms with Gasteiger partial charge in [-0.15, -0.1) is 0 Å². The van der Waals surface area contributed by atoms with E-state index in [-0.39, 0.29) is 29.4 Å². The molecule has 0 saturated carbocycles. The molecule has 0 bridgehead atoms. The lowest BCUT2D eigenvalue weighted by Gasteiger charge is -2.24. The number of carbonyl (C=O) groups is 1. The molecule has 1 aromatic carbocycles. The lowest BCUT2D eigenvalue weighted by Crippen LogP contribution is -2.42. The number of halogens is 3. The standard InChI is InChI=1S/C19H21F3N4O2/c1-18(2,3)14-10-15(25-28-14)24-17(23)13-8-9-16(27)26(13)12-6-4-11(5-7-12)19(20,21)22/h4-7,10,13H,8-9H2,1-3H3,(H2,23,24,25). The van der Waals surface area contributed by atoms with Crippen LogP contribution in [0, 0.1) is 0 Å². The highest BCUT2D eigenvalue weighted by atomic mass is 19.4. The largest absolute Gasteiger partial charge is 0.416 e. The highest BCUT2D eigenvalue weighted by Crippen LogP contribution is 2.33. The summed E-state index contributed by atoms with van der Waals surface area (Å²) >= 11 is 0. The van der Waals surface area contributed by atoms with Crippen LogP contribution in [0.2, 0.25) is 0 Å². The van der Waals surface area contributed by atoms with E-state index in [0.29, 0.717) is 17.9 Å². The Morgan fingerprint density at radius 2 is 1.89 bits per heavy atom. The minimum Gasteiger partial charge on any atom is -0.385 e. The number of carbonyl (C=O) groups excluding carboxylic acids is 1. The van der Waals surface area contributed by atoms with Gasteiger partial charge in [0.15, 0.2) is 5.82 Å². The van der Waals surface area contributed by atoms with Crippen LogP contribution in [0.5, 0.6) is 0 Å². The molecule has 1 atom stereocenters. The molecule has 3 rings (SSSR count). The molecule has 2 aromatic rings. The summed E-state index contributed by atoms with van der Waals surface area (Å²) in [5.41, 5.74) is 5.43. The van der Waals surface area contributed by atoms with Crippen molar-refractivity contribution in [2.45, 2.75) is 51.2 Å². The van der Waals surface area contributed by atoms with Crippen LogP contribution in [0.25, 0.3) is 0 Å². The number of benzene rings is 1. The number of alkyl halides is 3. The monoisotopic (exact) mass is 394 g/mol. The molecule has 0 spiro atoms. The van der Waals surface area contributed by atoms with Crippen molar-refractivity contribution in [3.63, 3.8) is 0 Å². The van der Waals surface area contributed by atoms with Crippen molar-refractivity contribution in [3.8, 4) is 0 Å². The molecule has 1 fully saturated rings. The normalized spacial score (nSPS) is 18.8. The summed E-state index contributed by atoms with van der Waals surface area (Å²) in [6.45, 7) is 5.89. The molecular formula is C19H21F3N4O2. The van der Waals surface area contributed by atoms with Crippen molar-refractivity contribution in [3.05, 3.63) is 41.7 Å². The molecule has 1 unspecified atom stereocenters. The van der Waals surface area contributed by atoms with E-state index < -0.39 is 17.8 Å². The van der Waals surface area contributed by atoms with E-state index in [2.05, 4.69) is 10.1 Å². The number of anilines is 1. The van der Waals surface area contributed by atoms with Crippen LogP contribution >= 0.6 is 0 Å². The van der Waals surface area contributed by atoms with Gasteiger partial charge in [0.1, 0.15) is 11.6 Å². The molecule has 1 aromatic heterocycles. The lowest BCUT2D eigenvalue weighted by molar-refractivity contribution is -0.137. The summed E-state index contributed by atoms with van der Waals surface area (Å²) in [6, 6.07) is 5.53. The van der Waals surface area contributed by atoms with Crippen LogP contribution in [-0.2, 0) is 16.4 Å². The number of nitrogens with two attached hydrogens (primary N) is 1. The van der Waals surface area contributed by atoms with Gasteiger partial charge in [0.05, 0.1) is 11.6 Å². The SMILES string of the molecule is CC(C)(C)c1cc(N=C(N)C2CCC(=O)N2c2ccc(C(F)(F)F)cc2)no1. The molecule has 1 aliphatic rings. The number of hydrogen-bond acceptors (Lipinski definition) is 4. The molecule has 150 valence electrons. The Kier molecular flexibility index (Phi) is 4.95. The maximum Gasteiger partial charge on any atom is 0.416 e. The van der Waals surface area contributed by atoms with Crippen LogP contribution < -0.4 is 10.6 Å². The molecule has 1 amide bonds. The summed E-state index contributed by atoms with van der Waals surface area (Å²) in [4.78, 5) is 18.0. The average Bonchev–Trinajstić information content (AvgIpc) is 3.20. The Hall–Kier alpha value is -2.84. The van der Waals surface area contributed by atoms with E-state index in [0.717, 1.165) is 12.1 Å². The molecule has 1 aliphatic heterocycles. The average molecular weight is 394 g/mol. The van der Waals surface area contributed by atoms with Crippen molar-refractivity contribution in [1.82, 2.24) is 5.16 Å². The van der Waals surface area contributed by atoms with Crippen LogP contribution in [0.3, 0.4) is 0 Å². The second kappa shape index (κ2) is 6.96. The quantitative estimate of drug-likeness (QED) is 0.625. The number of hydrogen-bond donors (Lipinski definition) is 1. The summed E-state index contributed by atoms with van der Waals surface area (Å²) < 4.78 is 43.6. The fraction of sp³-hybridized carbons (Fsp3) is 0.421. The summed E-state index contributed by atoms with van der Waals surface area (Å²) in [6.07, 6.45) is -3.79. The van der Waals surface area contributed by atoms with Crippen molar-refractivity contribution in [2.24, 2.45) is 10.7 Å². The Bertz CT molecular complexity index is 895. The van der Waals surface area contributed by atoms with E-state index in [1.165, 1.54) is 17.0 Å². The fourth-order valence-electron chi connectivity index (χ4n) is 2.98. The second-order valence-electron chi connectivity index (χ2n) is 7.70. The van der Waals surface area contributed by atoms with Gasteiger partial charge in [-0.3, -0.25) is 4.79 Å². The number of aromatic nitrogens is 1. The van der Waals surface area contributed by atoms with Gasteiger partial charge in [-0.05, 0) is 30.7 Å². The van der Waals surface area contributed by atoms with Crippen molar-refractivity contribution in [1.29, 1.82) is 0 Å². The second-order valence-corrected chi connectivity index (χ2v) is 7.70. The first-order valence-electron chi connectivity index (χ1n) is 8.77. The van der Waals surface area contributed by atoms with Gasteiger partial charge in [0.25, 0.3) is 0 Å². The van der Waals surface area contributed by atoms with Crippen LogP contribution in [0.15, 0.2) is 39.8 Å². The Labute approximate surface area is 160 Å². The molecule has 2 heterocycles. The van der Waals surface area contributed by atoms with Gasteiger partial charge in [0, 0.05) is 23.6 Å². The fourth-order valence-corrected chi connectivity index (χ4v) is 2.98. The zero-order chi connectivity index (χ0) is 20.7. The first kappa shape index (κ1) is 19.9.